The Morgan fingerprint density at radius 1 is 1.06 bits per heavy atom. The Morgan fingerprint density at radius 3 is 2.28 bits per heavy atom. The van der Waals surface area contributed by atoms with E-state index in [0.29, 0.717) is 18.4 Å². The maximum atomic E-state index is 14.9. The molecule has 0 aromatic heterocycles. The van der Waals surface area contributed by atoms with Crippen molar-refractivity contribution in [3.05, 3.63) is 47.5 Å². The Morgan fingerprint density at radius 2 is 1.69 bits per heavy atom. The molecule has 1 heterocycles. The second-order valence-electron chi connectivity index (χ2n) is 12.8. The van der Waals surface area contributed by atoms with E-state index in [1.807, 2.05) is 33.8 Å². The number of ether oxygens (including phenoxy) is 1. The monoisotopic (exact) mass is 492 g/mol. The highest BCUT2D eigenvalue weighted by atomic mass is 16.5. The van der Waals surface area contributed by atoms with Crippen LogP contribution >= 0.6 is 0 Å². The molecule has 1 N–H and O–H groups in total. The highest BCUT2D eigenvalue weighted by molar-refractivity contribution is 6.42. The third kappa shape index (κ3) is 2.80. The van der Waals surface area contributed by atoms with E-state index in [0.717, 1.165) is 5.57 Å². The van der Waals surface area contributed by atoms with Crippen LogP contribution in [-0.2, 0) is 19.1 Å². The predicted octanol–water partition coefficient (Wildman–Crippen LogP) is 4.28. The minimum Gasteiger partial charge on any atom is -0.388 e. The van der Waals surface area contributed by atoms with Crippen LogP contribution in [0.15, 0.2) is 42.0 Å². The molecule has 4 bridgehead atoms. The minimum absolute atomic E-state index is 0.0185. The molecule has 192 valence electrons. The zero-order chi connectivity index (χ0) is 26.5. The first-order chi connectivity index (χ1) is 16.7. The number of hydrogen-bond donors (Lipinski definition) is 1. The Bertz CT molecular complexity index is 1200. The van der Waals surface area contributed by atoms with Crippen LogP contribution in [0.3, 0.4) is 0 Å². The van der Waals surface area contributed by atoms with E-state index in [9.17, 15) is 24.3 Å². The summed E-state index contributed by atoms with van der Waals surface area (Å²) in [4.78, 5) is 58.7. The van der Waals surface area contributed by atoms with Crippen LogP contribution in [0.2, 0.25) is 0 Å². The summed E-state index contributed by atoms with van der Waals surface area (Å²) in [7, 11) is 0. The SMILES string of the molecule is CC(C)=CC[C@]12C[C@@H]3C[C@H]4O[C@H](C(C)(C)O)C[C@]4(C1=O)C(=O)[C@@](C(=O)c1ccccc1)(C2=O)C3(C)C. The second kappa shape index (κ2) is 7.55. The van der Waals surface area contributed by atoms with Crippen molar-refractivity contribution in [3.63, 3.8) is 0 Å². The van der Waals surface area contributed by atoms with Crippen LogP contribution in [-0.4, -0.2) is 46.0 Å². The largest absolute Gasteiger partial charge is 0.388 e. The van der Waals surface area contributed by atoms with Crippen molar-refractivity contribution in [3.8, 4) is 0 Å². The molecule has 1 aliphatic heterocycles. The molecule has 5 aliphatic rings. The van der Waals surface area contributed by atoms with E-state index >= 15 is 0 Å². The molecule has 1 saturated heterocycles. The number of benzene rings is 1. The Labute approximate surface area is 212 Å². The van der Waals surface area contributed by atoms with E-state index in [-0.39, 0.29) is 18.8 Å². The van der Waals surface area contributed by atoms with Gasteiger partial charge in [0.05, 0.1) is 23.2 Å². The van der Waals surface area contributed by atoms with Crippen molar-refractivity contribution in [1.82, 2.24) is 0 Å². The molecule has 4 aliphatic carbocycles. The van der Waals surface area contributed by atoms with Gasteiger partial charge in [0.2, 0.25) is 0 Å². The van der Waals surface area contributed by atoms with Crippen LogP contribution in [0, 0.1) is 27.6 Å². The molecule has 0 unspecified atom stereocenters. The fourth-order valence-electron chi connectivity index (χ4n) is 7.71. The number of carbonyl (C=O) groups is 4. The summed E-state index contributed by atoms with van der Waals surface area (Å²) in [5.74, 6) is -2.36. The summed E-state index contributed by atoms with van der Waals surface area (Å²) >= 11 is 0. The standard InChI is InChI=1S/C30H36O6/c1-17(2)12-13-28-15-19-14-20-29(23(28)32,16-21(36-20)27(5,6)35)25(34)30(24(28)33,26(19,3)4)22(31)18-10-8-7-9-11-18/h7-12,19-21,35H,13-16H2,1-6H3/t19-,20+,21-,28-,29-,30+/m0/s1. The van der Waals surface area contributed by atoms with Crippen molar-refractivity contribution in [2.75, 3.05) is 0 Å². The fourth-order valence-corrected chi connectivity index (χ4v) is 7.71. The first-order valence-corrected chi connectivity index (χ1v) is 12.9. The first-order valence-electron chi connectivity index (χ1n) is 12.9. The molecule has 4 saturated carbocycles. The van der Waals surface area contributed by atoms with E-state index < -0.39 is 62.6 Å². The predicted molar refractivity (Wildman–Crippen MR) is 133 cm³/mol. The van der Waals surface area contributed by atoms with E-state index in [1.165, 1.54) is 0 Å². The third-order valence-electron chi connectivity index (χ3n) is 9.85. The smallest absolute Gasteiger partial charge is 0.184 e. The van der Waals surface area contributed by atoms with Crippen molar-refractivity contribution in [2.45, 2.75) is 85.0 Å². The highest BCUT2D eigenvalue weighted by Gasteiger charge is 2.85. The molecule has 36 heavy (non-hydrogen) atoms. The molecule has 6 atom stereocenters. The van der Waals surface area contributed by atoms with Gasteiger partial charge in [0.25, 0.3) is 0 Å². The van der Waals surface area contributed by atoms with Gasteiger partial charge < -0.3 is 9.84 Å². The van der Waals surface area contributed by atoms with Crippen molar-refractivity contribution in [2.24, 2.45) is 27.6 Å². The average molecular weight is 493 g/mol. The number of aliphatic hydroxyl groups is 1. The van der Waals surface area contributed by atoms with Gasteiger partial charge in [-0.3, -0.25) is 19.2 Å². The second-order valence-corrected chi connectivity index (χ2v) is 12.8. The lowest BCUT2D eigenvalue weighted by atomic mass is 9.37. The van der Waals surface area contributed by atoms with Gasteiger partial charge >= 0.3 is 0 Å². The quantitative estimate of drug-likeness (QED) is 0.374. The average Bonchev–Trinajstić information content (AvgIpc) is 3.15. The number of rotatable bonds is 5. The lowest BCUT2D eigenvalue weighted by Crippen LogP contribution is -2.75. The summed E-state index contributed by atoms with van der Waals surface area (Å²) in [6.07, 6.45) is 1.20. The van der Waals surface area contributed by atoms with Gasteiger partial charge in [-0.2, -0.15) is 0 Å². The van der Waals surface area contributed by atoms with Crippen molar-refractivity contribution >= 4 is 23.1 Å². The topological polar surface area (TPSA) is 97.7 Å². The van der Waals surface area contributed by atoms with Crippen molar-refractivity contribution in [1.29, 1.82) is 0 Å². The fraction of sp³-hybridized carbons (Fsp3) is 0.600. The minimum atomic E-state index is -1.99. The summed E-state index contributed by atoms with van der Waals surface area (Å²) in [6.45, 7) is 10.7. The van der Waals surface area contributed by atoms with Gasteiger partial charge in [-0.05, 0) is 64.7 Å². The summed E-state index contributed by atoms with van der Waals surface area (Å²) < 4.78 is 6.32. The van der Waals surface area contributed by atoms with Crippen LogP contribution in [0.5, 0.6) is 0 Å². The van der Waals surface area contributed by atoms with Gasteiger partial charge in [0.15, 0.2) is 28.5 Å². The summed E-state index contributed by atoms with van der Waals surface area (Å²) in [5.41, 5.74) is -6.14. The van der Waals surface area contributed by atoms with Gasteiger partial charge in [0.1, 0.15) is 5.41 Å². The molecule has 1 spiro atoms. The van der Waals surface area contributed by atoms with Crippen molar-refractivity contribution < 1.29 is 29.0 Å². The summed E-state index contributed by atoms with van der Waals surface area (Å²) in [6, 6.07) is 8.50. The highest BCUT2D eigenvalue weighted by Crippen LogP contribution is 2.72. The van der Waals surface area contributed by atoms with E-state index in [4.69, 9.17) is 4.74 Å². The van der Waals surface area contributed by atoms with E-state index in [2.05, 4.69) is 0 Å². The van der Waals surface area contributed by atoms with Gasteiger partial charge in [-0.15, -0.1) is 0 Å². The first kappa shape index (κ1) is 25.2. The van der Waals surface area contributed by atoms with Gasteiger partial charge in [-0.1, -0.05) is 55.8 Å². The molecule has 0 amide bonds. The lowest BCUT2D eigenvalue weighted by Gasteiger charge is -2.60. The number of allylic oxidation sites excluding steroid dienone is 2. The number of ketones is 4. The Balaban J connectivity index is 1.84. The molecule has 6 heteroatoms. The number of carbonyl (C=O) groups excluding carboxylic acids is 4. The van der Waals surface area contributed by atoms with Gasteiger partial charge in [-0.25, -0.2) is 0 Å². The van der Waals surface area contributed by atoms with E-state index in [1.54, 1.807) is 44.2 Å². The number of hydrogen-bond acceptors (Lipinski definition) is 6. The molecule has 0 radical (unpaired) electrons. The molecule has 1 aromatic carbocycles. The number of Topliss-reactive ketones (excluding diaryl/α,β-unsaturated/α-hetero) is 4. The molecule has 5 fully saturated rings. The third-order valence-corrected chi connectivity index (χ3v) is 9.85. The van der Waals surface area contributed by atoms with Crippen LogP contribution < -0.4 is 0 Å². The Kier molecular flexibility index (Phi) is 5.29. The maximum absolute atomic E-state index is 14.9. The Hall–Kier alpha value is -2.44. The van der Waals surface area contributed by atoms with Crippen LogP contribution in [0.4, 0.5) is 0 Å². The molecule has 6 nitrogen and oxygen atoms in total. The zero-order valence-corrected chi connectivity index (χ0v) is 22.0. The maximum Gasteiger partial charge on any atom is 0.184 e. The molecular weight excluding hydrogens is 456 g/mol. The van der Waals surface area contributed by atoms with Gasteiger partial charge in [0, 0.05) is 5.56 Å². The molecule has 6 rings (SSSR count). The normalized spacial score (nSPS) is 38.6. The molecular formula is C30H36O6. The summed E-state index contributed by atoms with van der Waals surface area (Å²) in [5, 5.41) is 10.8. The molecule has 1 aromatic rings. The van der Waals surface area contributed by atoms with Crippen LogP contribution in [0.25, 0.3) is 0 Å². The lowest BCUT2D eigenvalue weighted by molar-refractivity contribution is -0.181. The zero-order valence-electron chi connectivity index (χ0n) is 22.0. The van der Waals surface area contributed by atoms with Crippen LogP contribution in [0.1, 0.15) is 77.6 Å².